The lowest BCUT2D eigenvalue weighted by molar-refractivity contribution is 0.414. The standard InChI is InChI=1S/C18H19Cl3N2O.ClH/c1-24-18-12-17(23(9-7-19)10-8-20)6-5-14(18)13-22-16-4-2-3-15(21)11-16;/h2-6,11-13H,7-10H2,1H3;1H. The molecule has 0 heterocycles. The molecule has 0 aromatic heterocycles. The van der Waals surface area contributed by atoms with Crippen LogP contribution in [0.2, 0.25) is 5.02 Å². The fourth-order valence-electron chi connectivity index (χ4n) is 2.28. The Morgan fingerprint density at radius 1 is 1.08 bits per heavy atom. The Kier molecular flexibility index (Phi) is 10.1. The second kappa shape index (κ2) is 11.5. The maximum atomic E-state index is 5.97. The molecule has 0 aliphatic heterocycles. The van der Waals surface area contributed by atoms with Crippen LogP contribution in [0.5, 0.6) is 5.75 Å². The van der Waals surface area contributed by atoms with Gasteiger partial charge in [-0.2, -0.15) is 0 Å². The van der Waals surface area contributed by atoms with Crippen molar-refractivity contribution in [2.24, 2.45) is 4.99 Å². The number of rotatable bonds is 8. The molecule has 136 valence electrons. The number of anilines is 1. The topological polar surface area (TPSA) is 24.8 Å². The van der Waals surface area contributed by atoms with Gasteiger partial charge in [0.15, 0.2) is 0 Å². The number of hydrogen-bond acceptors (Lipinski definition) is 3. The van der Waals surface area contributed by atoms with Crippen LogP contribution >= 0.6 is 47.2 Å². The highest BCUT2D eigenvalue weighted by atomic mass is 35.5. The molecule has 3 nitrogen and oxygen atoms in total. The molecular formula is C18H20Cl4N2O. The molecule has 0 fully saturated rings. The van der Waals surface area contributed by atoms with Crippen molar-refractivity contribution in [3.05, 3.63) is 53.1 Å². The Hall–Kier alpha value is -1.13. The minimum atomic E-state index is 0. The fraction of sp³-hybridized carbons (Fsp3) is 0.278. The second-order valence-electron chi connectivity index (χ2n) is 5.03. The largest absolute Gasteiger partial charge is 0.496 e. The van der Waals surface area contributed by atoms with Gasteiger partial charge in [-0.05, 0) is 30.3 Å². The average molecular weight is 422 g/mol. The smallest absolute Gasteiger partial charge is 0.129 e. The predicted octanol–water partition coefficient (Wildman–Crippen LogP) is 5.81. The highest BCUT2D eigenvalue weighted by molar-refractivity contribution is 6.30. The summed E-state index contributed by atoms with van der Waals surface area (Å²) < 4.78 is 5.49. The Balaban J connectivity index is 0.00000312. The van der Waals surface area contributed by atoms with Crippen LogP contribution in [0.3, 0.4) is 0 Å². The zero-order chi connectivity index (χ0) is 17.4. The average Bonchev–Trinajstić information content (AvgIpc) is 2.59. The molecule has 25 heavy (non-hydrogen) atoms. The van der Waals surface area contributed by atoms with Gasteiger partial charge in [0.2, 0.25) is 0 Å². The molecule has 0 aliphatic carbocycles. The van der Waals surface area contributed by atoms with Crippen LogP contribution in [-0.4, -0.2) is 38.2 Å². The third kappa shape index (κ3) is 6.59. The first-order chi connectivity index (χ1) is 11.7. The number of ether oxygens (including phenoxy) is 1. The zero-order valence-corrected chi connectivity index (χ0v) is 16.9. The van der Waals surface area contributed by atoms with Gasteiger partial charge in [0.05, 0.1) is 12.8 Å². The Morgan fingerprint density at radius 3 is 2.40 bits per heavy atom. The summed E-state index contributed by atoms with van der Waals surface area (Å²) in [7, 11) is 1.64. The van der Waals surface area contributed by atoms with E-state index in [0.29, 0.717) is 16.8 Å². The molecule has 0 bridgehead atoms. The van der Waals surface area contributed by atoms with Crippen LogP contribution < -0.4 is 9.64 Å². The van der Waals surface area contributed by atoms with Gasteiger partial charge < -0.3 is 9.64 Å². The van der Waals surface area contributed by atoms with Crippen molar-refractivity contribution in [2.75, 3.05) is 36.9 Å². The summed E-state index contributed by atoms with van der Waals surface area (Å²) in [5, 5.41) is 0.657. The molecule has 2 rings (SSSR count). The third-order valence-corrected chi connectivity index (χ3v) is 4.03. The minimum Gasteiger partial charge on any atom is -0.496 e. The second-order valence-corrected chi connectivity index (χ2v) is 6.22. The van der Waals surface area contributed by atoms with Crippen molar-refractivity contribution in [1.82, 2.24) is 0 Å². The first-order valence-corrected chi connectivity index (χ1v) is 8.97. The number of benzene rings is 2. The number of aliphatic imine (C=N–C) groups is 1. The van der Waals surface area contributed by atoms with E-state index in [1.807, 2.05) is 42.5 Å². The lowest BCUT2D eigenvalue weighted by Gasteiger charge is -2.23. The minimum absolute atomic E-state index is 0. The first kappa shape index (κ1) is 21.9. The maximum Gasteiger partial charge on any atom is 0.129 e. The van der Waals surface area contributed by atoms with Crippen molar-refractivity contribution in [3.63, 3.8) is 0 Å². The maximum absolute atomic E-state index is 5.97. The van der Waals surface area contributed by atoms with Gasteiger partial charge in [-0.1, -0.05) is 17.7 Å². The van der Waals surface area contributed by atoms with Gasteiger partial charge in [-0.15, -0.1) is 35.6 Å². The molecule has 0 aliphatic rings. The van der Waals surface area contributed by atoms with Crippen molar-refractivity contribution in [3.8, 4) is 5.75 Å². The molecule has 2 aromatic rings. The van der Waals surface area contributed by atoms with Crippen molar-refractivity contribution >= 4 is 64.8 Å². The van der Waals surface area contributed by atoms with Gasteiger partial charge >= 0.3 is 0 Å². The molecule has 0 unspecified atom stereocenters. The highest BCUT2D eigenvalue weighted by Crippen LogP contribution is 2.26. The summed E-state index contributed by atoms with van der Waals surface area (Å²) >= 11 is 17.7. The van der Waals surface area contributed by atoms with Gasteiger partial charge in [0.25, 0.3) is 0 Å². The number of alkyl halides is 2. The van der Waals surface area contributed by atoms with Crippen LogP contribution in [0.4, 0.5) is 11.4 Å². The quantitative estimate of drug-likeness (QED) is 0.397. The van der Waals surface area contributed by atoms with E-state index < -0.39 is 0 Å². The van der Waals surface area contributed by atoms with Crippen LogP contribution in [0, 0.1) is 0 Å². The van der Waals surface area contributed by atoms with Crippen molar-refractivity contribution in [1.29, 1.82) is 0 Å². The molecule has 0 radical (unpaired) electrons. The van der Waals surface area contributed by atoms with E-state index in [0.717, 1.165) is 35.8 Å². The summed E-state index contributed by atoms with van der Waals surface area (Å²) in [6.45, 7) is 1.46. The molecule has 7 heteroatoms. The number of nitrogens with zero attached hydrogens (tertiary/aromatic N) is 2. The summed E-state index contributed by atoms with van der Waals surface area (Å²) in [5.41, 5.74) is 2.70. The summed E-state index contributed by atoms with van der Waals surface area (Å²) in [6.07, 6.45) is 1.77. The van der Waals surface area contributed by atoms with E-state index in [1.165, 1.54) is 0 Å². The van der Waals surface area contributed by atoms with E-state index in [-0.39, 0.29) is 12.4 Å². The first-order valence-electron chi connectivity index (χ1n) is 7.52. The summed E-state index contributed by atoms with van der Waals surface area (Å²) in [5.74, 6) is 1.82. The van der Waals surface area contributed by atoms with Gasteiger partial charge in [0, 0.05) is 53.4 Å². The molecule has 0 N–H and O–H groups in total. The fourth-order valence-corrected chi connectivity index (χ4v) is 2.87. The van der Waals surface area contributed by atoms with E-state index in [4.69, 9.17) is 39.5 Å². The zero-order valence-electron chi connectivity index (χ0n) is 13.8. The molecule has 2 aromatic carbocycles. The number of methoxy groups -OCH3 is 1. The molecule has 0 atom stereocenters. The molecule has 0 amide bonds. The molecule has 0 saturated carbocycles. The SMILES string of the molecule is COc1cc(N(CCCl)CCCl)ccc1C=Nc1cccc(Cl)c1.Cl. The molecule has 0 saturated heterocycles. The molecular weight excluding hydrogens is 402 g/mol. The van der Waals surface area contributed by atoms with Crippen LogP contribution in [-0.2, 0) is 0 Å². The van der Waals surface area contributed by atoms with Crippen LogP contribution in [0.25, 0.3) is 0 Å². The number of hydrogen-bond donors (Lipinski definition) is 0. The van der Waals surface area contributed by atoms with Gasteiger partial charge in [-0.3, -0.25) is 4.99 Å². The third-order valence-electron chi connectivity index (χ3n) is 3.45. The lowest BCUT2D eigenvalue weighted by atomic mass is 10.1. The molecule has 0 spiro atoms. The number of halogens is 4. The van der Waals surface area contributed by atoms with Gasteiger partial charge in [0.1, 0.15) is 5.75 Å². The Bertz CT molecular complexity index is 689. The summed E-state index contributed by atoms with van der Waals surface area (Å²) in [6, 6.07) is 13.3. The Labute approximate surface area is 170 Å². The monoisotopic (exact) mass is 420 g/mol. The van der Waals surface area contributed by atoms with Crippen LogP contribution in [0.1, 0.15) is 5.56 Å². The predicted molar refractivity (Wildman–Crippen MR) is 113 cm³/mol. The van der Waals surface area contributed by atoms with E-state index in [9.17, 15) is 0 Å². The van der Waals surface area contributed by atoms with Crippen molar-refractivity contribution in [2.45, 2.75) is 0 Å². The Morgan fingerprint density at radius 2 is 1.80 bits per heavy atom. The van der Waals surface area contributed by atoms with Crippen molar-refractivity contribution < 1.29 is 4.74 Å². The lowest BCUT2D eigenvalue weighted by Crippen LogP contribution is -2.27. The summed E-state index contributed by atoms with van der Waals surface area (Å²) in [4.78, 5) is 6.57. The normalized spacial score (nSPS) is 10.6. The van der Waals surface area contributed by atoms with Crippen LogP contribution in [0.15, 0.2) is 47.5 Å². The van der Waals surface area contributed by atoms with E-state index in [2.05, 4.69) is 9.89 Å². The van der Waals surface area contributed by atoms with E-state index in [1.54, 1.807) is 13.3 Å². The van der Waals surface area contributed by atoms with E-state index >= 15 is 0 Å². The highest BCUT2D eigenvalue weighted by Gasteiger charge is 2.09. The van der Waals surface area contributed by atoms with Gasteiger partial charge in [-0.25, -0.2) is 0 Å².